The van der Waals surface area contributed by atoms with E-state index >= 15 is 0 Å². The summed E-state index contributed by atoms with van der Waals surface area (Å²) in [5.74, 6) is 0. The van der Waals surface area contributed by atoms with Gasteiger partial charge in [0.25, 0.3) is 0 Å². The maximum absolute atomic E-state index is 6.22. The van der Waals surface area contributed by atoms with Crippen LogP contribution in [0.15, 0.2) is 42.5 Å². The van der Waals surface area contributed by atoms with E-state index in [0.717, 1.165) is 17.1 Å². The largest absolute Gasteiger partial charge is 0.399 e. The Kier molecular flexibility index (Phi) is 4.92. The number of anilines is 1. The fraction of sp³-hybridized carbons (Fsp3) is 0.250. The lowest BCUT2D eigenvalue weighted by Crippen LogP contribution is -2.22. The van der Waals surface area contributed by atoms with Crippen LogP contribution >= 0.6 is 23.2 Å². The number of rotatable bonds is 4. The Morgan fingerprint density at radius 1 is 1.10 bits per heavy atom. The lowest BCUT2D eigenvalue weighted by Gasteiger charge is -2.25. The molecule has 0 saturated heterocycles. The van der Waals surface area contributed by atoms with Gasteiger partial charge in [-0.25, -0.2) is 0 Å². The van der Waals surface area contributed by atoms with Gasteiger partial charge in [-0.05, 0) is 49.4 Å². The average Bonchev–Trinajstić information content (AvgIpc) is 2.42. The summed E-state index contributed by atoms with van der Waals surface area (Å²) < 4.78 is 0. The van der Waals surface area contributed by atoms with E-state index in [-0.39, 0.29) is 6.04 Å². The van der Waals surface area contributed by atoms with Crippen molar-refractivity contribution in [2.45, 2.75) is 19.5 Å². The Morgan fingerprint density at radius 3 is 2.35 bits per heavy atom. The van der Waals surface area contributed by atoms with Crippen molar-refractivity contribution >= 4 is 28.9 Å². The van der Waals surface area contributed by atoms with Gasteiger partial charge in [0, 0.05) is 28.3 Å². The van der Waals surface area contributed by atoms with Crippen molar-refractivity contribution < 1.29 is 0 Å². The SMILES string of the molecule is CC(c1ccc(Cl)cc1)N(C)Cc1ccc(N)cc1Cl. The third-order valence-electron chi connectivity index (χ3n) is 3.51. The Morgan fingerprint density at radius 2 is 1.75 bits per heavy atom. The first-order valence-corrected chi connectivity index (χ1v) is 7.22. The molecule has 2 aromatic carbocycles. The minimum atomic E-state index is 0.279. The maximum Gasteiger partial charge on any atom is 0.0471 e. The Balaban J connectivity index is 2.11. The molecule has 4 heteroatoms. The zero-order chi connectivity index (χ0) is 14.7. The van der Waals surface area contributed by atoms with E-state index in [0.29, 0.717) is 10.7 Å². The monoisotopic (exact) mass is 308 g/mol. The summed E-state index contributed by atoms with van der Waals surface area (Å²) in [6, 6.07) is 13.8. The third kappa shape index (κ3) is 3.66. The molecule has 0 aliphatic heterocycles. The Labute approximate surface area is 130 Å². The Hall–Kier alpha value is -1.22. The molecule has 2 rings (SSSR count). The van der Waals surface area contributed by atoms with Crippen LogP contribution in [0.2, 0.25) is 10.0 Å². The summed E-state index contributed by atoms with van der Waals surface area (Å²) in [5, 5.41) is 1.46. The molecule has 2 aromatic rings. The summed E-state index contributed by atoms with van der Waals surface area (Å²) in [6.45, 7) is 2.93. The van der Waals surface area contributed by atoms with Gasteiger partial charge < -0.3 is 5.73 Å². The molecule has 1 unspecified atom stereocenters. The molecule has 2 nitrogen and oxygen atoms in total. The van der Waals surface area contributed by atoms with Crippen molar-refractivity contribution in [3.63, 3.8) is 0 Å². The second kappa shape index (κ2) is 6.49. The van der Waals surface area contributed by atoms with Crippen molar-refractivity contribution in [3.8, 4) is 0 Å². The normalized spacial score (nSPS) is 12.7. The first-order valence-electron chi connectivity index (χ1n) is 6.47. The molecule has 0 saturated carbocycles. The minimum absolute atomic E-state index is 0.279. The van der Waals surface area contributed by atoms with Gasteiger partial charge in [-0.2, -0.15) is 0 Å². The van der Waals surface area contributed by atoms with E-state index in [1.54, 1.807) is 6.07 Å². The van der Waals surface area contributed by atoms with Crippen molar-refractivity contribution in [2.75, 3.05) is 12.8 Å². The predicted molar refractivity (Wildman–Crippen MR) is 87.2 cm³/mol. The fourth-order valence-corrected chi connectivity index (χ4v) is 2.47. The standard InChI is InChI=1S/C16H18Cl2N2/c1-11(12-3-6-14(17)7-4-12)20(2)10-13-5-8-15(19)9-16(13)18/h3-9,11H,10,19H2,1-2H3. The van der Waals surface area contributed by atoms with Crippen molar-refractivity contribution in [1.29, 1.82) is 0 Å². The second-order valence-corrected chi connectivity index (χ2v) is 5.84. The van der Waals surface area contributed by atoms with E-state index in [9.17, 15) is 0 Å². The van der Waals surface area contributed by atoms with Crippen LogP contribution < -0.4 is 5.73 Å². The summed E-state index contributed by atoms with van der Waals surface area (Å²) in [5.41, 5.74) is 8.70. The molecule has 20 heavy (non-hydrogen) atoms. The van der Waals surface area contributed by atoms with E-state index < -0.39 is 0 Å². The van der Waals surface area contributed by atoms with Gasteiger partial charge in [0.15, 0.2) is 0 Å². The van der Waals surface area contributed by atoms with Gasteiger partial charge in [-0.3, -0.25) is 4.90 Å². The van der Waals surface area contributed by atoms with E-state index in [1.807, 2.05) is 36.4 Å². The highest BCUT2D eigenvalue weighted by Crippen LogP contribution is 2.25. The number of nitrogens with two attached hydrogens (primary N) is 1. The zero-order valence-corrected chi connectivity index (χ0v) is 13.1. The molecule has 0 amide bonds. The Bertz CT molecular complexity index is 582. The first kappa shape index (κ1) is 15.2. The van der Waals surface area contributed by atoms with Gasteiger partial charge in [-0.15, -0.1) is 0 Å². The quantitative estimate of drug-likeness (QED) is 0.824. The number of nitrogens with zero attached hydrogens (tertiary/aromatic N) is 1. The van der Waals surface area contributed by atoms with Crippen LogP contribution in [-0.4, -0.2) is 11.9 Å². The van der Waals surface area contributed by atoms with Gasteiger partial charge in [0.1, 0.15) is 0 Å². The molecule has 0 aromatic heterocycles. The number of hydrogen-bond acceptors (Lipinski definition) is 2. The molecule has 106 valence electrons. The lowest BCUT2D eigenvalue weighted by atomic mass is 10.1. The van der Waals surface area contributed by atoms with Crippen LogP contribution in [0, 0.1) is 0 Å². The lowest BCUT2D eigenvalue weighted by molar-refractivity contribution is 0.253. The number of benzene rings is 2. The molecular weight excluding hydrogens is 291 g/mol. The number of halogens is 2. The molecule has 0 heterocycles. The number of nitrogen functional groups attached to an aromatic ring is 1. The molecule has 0 aliphatic rings. The minimum Gasteiger partial charge on any atom is -0.399 e. The van der Waals surface area contributed by atoms with Crippen LogP contribution in [0.1, 0.15) is 24.1 Å². The van der Waals surface area contributed by atoms with E-state index in [1.165, 1.54) is 5.56 Å². The molecule has 0 aliphatic carbocycles. The first-order chi connectivity index (χ1) is 9.47. The summed E-state index contributed by atoms with van der Waals surface area (Å²) in [4.78, 5) is 2.24. The smallest absolute Gasteiger partial charge is 0.0471 e. The zero-order valence-electron chi connectivity index (χ0n) is 11.6. The summed E-state index contributed by atoms with van der Waals surface area (Å²) >= 11 is 12.1. The molecular formula is C16H18Cl2N2. The summed E-state index contributed by atoms with van der Waals surface area (Å²) in [6.07, 6.45) is 0. The fourth-order valence-electron chi connectivity index (χ4n) is 2.09. The van der Waals surface area contributed by atoms with Crippen molar-refractivity contribution in [3.05, 3.63) is 63.6 Å². The van der Waals surface area contributed by atoms with E-state index in [2.05, 4.69) is 18.9 Å². The highest BCUT2D eigenvalue weighted by atomic mass is 35.5. The van der Waals surface area contributed by atoms with Crippen LogP contribution in [0.5, 0.6) is 0 Å². The highest BCUT2D eigenvalue weighted by molar-refractivity contribution is 6.31. The maximum atomic E-state index is 6.22. The van der Waals surface area contributed by atoms with E-state index in [4.69, 9.17) is 28.9 Å². The third-order valence-corrected chi connectivity index (χ3v) is 4.11. The molecule has 0 bridgehead atoms. The van der Waals surface area contributed by atoms with Gasteiger partial charge >= 0.3 is 0 Å². The average molecular weight is 309 g/mol. The van der Waals surface area contributed by atoms with Crippen LogP contribution in [0.4, 0.5) is 5.69 Å². The van der Waals surface area contributed by atoms with Crippen molar-refractivity contribution in [2.24, 2.45) is 0 Å². The molecule has 2 N–H and O–H groups in total. The molecule has 0 spiro atoms. The molecule has 0 fully saturated rings. The topological polar surface area (TPSA) is 29.3 Å². The predicted octanol–water partition coefficient (Wildman–Crippen LogP) is 4.77. The second-order valence-electron chi connectivity index (χ2n) is 4.99. The van der Waals surface area contributed by atoms with Gasteiger partial charge in [-0.1, -0.05) is 41.4 Å². The van der Waals surface area contributed by atoms with Crippen LogP contribution in [0.25, 0.3) is 0 Å². The number of hydrogen-bond donors (Lipinski definition) is 1. The molecule has 1 atom stereocenters. The van der Waals surface area contributed by atoms with Crippen LogP contribution in [0.3, 0.4) is 0 Å². The highest BCUT2D eigenvalue weighted by Gasteiger charge is 2.13. The van der Waals surface area contributed by atoms with Crippen molar-refractivity contribution in [1.82, 2.24) is 4.90 Å². The molecule has 0 radical (unpaired) electrons. The van der Waals surface area contributed by atoms with Gasteiger partial charge in [0.2, 0.25) is 0 Å². The van der Waals surface area contributed by atoms with Gasteiger partial charge in [0.05, 0.1) is 0 Å². The summed E-state index contributed by atoms with van der Waals surface area (Å²) in [7, 11) is 2.08. The van der Waals surface area contributed by atoms with Crippen LogP contribution in [-0.2, 0) is 6.54 Å².